The second kappa shape index (κ2) is 5.88. The van der Waals surface area contributed by atoms with Crippen molar-refractivity contribution in [1.29, 1.82) is 0 Å². The minimum atomic E-state index is 0.253. The molecule has 1 aliphatic heterocycles. The molecule has 0 unspecified atom stereocenters. The number of piperidine rings is 1. The molecule has 1 aromatic rings. The first-order chi connectivity index (χ1) is 8.97. The van der Waals surface area contributed by atoms with Crippen LogP contribution in [0.3, 0.4) is 0 Å². The molecule has 7 heteroatoms. The van der Waals surface area contributed by atoms with E-state index in [0.29, 0.717) is 17.9 Å². The first kappa shape index (κ1) is 14.3. The summed E-state index contributed by atoms with van der Waals surface area (Å²) < 4.78 is 0. The number of anilines is 2. The summed E-state index contributed by atoms with van der Waals surface area (Å²) in [5.41, 5.74) is 0. The topological polar surface area (TPSA) is 48.4 Å². The summed E-state index contributed by atoms with van der Waals surface area (Å²) in [6, 6.07) is 0.641. The maximum atomic E-state index is 5.97. The van der Waals surface area contributed by atoms with E-state index in [1.54, 1.807) is 0 Å². The second-order valence-corrected chi connectivity index (χ2v) is 5.62. The lowest BCUT2D eigenvalue weighted by Crippen LogP contribution is -2.42. The summed E-state index contributed by atoms with van der Waals surface area (Å²) in [5.74, 6) is 1.28. The average molecular weight is 285 g/mol. The smallest absolute Gasteiger partial charge is 0.231 e. The van der Waals surface area contributed by atoms with Crippen molar-refractivity contribution in [2.45, 2.75) is 18.9 Å². The Hall–Kier alpha value is -1.14. The van der Waals surface area contributed by atoms with Crippen molar-refractivity contribution in [1.82, 2.24) is 19.9 Å². The minimum Gasteiger partial charge on any atom is -0.347 e. The molecule has 2 rings (SSSR count). The van der Waals surface area contributed by atoms with E-state index >= 15 is 0 Å². The summed E-state index contributed by atoms with van der Waals surface area (Å²) >= 11 is 5.97. The molecule has 1 aromatic heterocycles. The Morgan fingerprint density at radius 1 is 1.05 bits per heavy atom. The van der Waals surface area contributed by atoms with Crippen LogP contribution >= 0.6 is 11.6 Å². The van der Waals surface area contributed by atoms with E-state index in [9.17, 15) is 0 Å². The Morgan fingerprint density at radius 3 is 2.21 bits per heavy atom. The highest BCUT2D eigenvalue weighted by molar-refractivity contribution is 6.28. The number of halogens is 1. The predicted octanol–water partition coefficient (Wildman–Crippen LogP) is 1.12. The SMILES string of the molecule is CN(C)c1nc(Cl)nc(N2CCC(N(C)C)CC2)n1. The number of hydrogen-bond acceptors (Lipinski definition) is 6. The number of hydrogen-bond donors (Lipinski definition) is 0. The maximum absolute atomic E-state index is 5.97. The van der Waals surface area contributed by atoms with Crippen LogP contribution in [0.5, 0.6) is 0 Å². The van der Waals surface area contributed by atoms with Crippen LogP contribution < -0.4 is 9.80 Å². The van der Waals surface area contributed by atoms with Crippen LogP contribution in [0, 0.1) is 0 Å². The zero-order valence-corrected chi connectivity index (χ0v) is 12.7. The van der Waals surface area contributed by atoms with Crippen LogP contribution in [0.25, 0.3) is 0 Å². The van der Waals surface area contributed by atoms with Gasteiger partial charge in [-0.2, -0.15) is 15.0 Å². The average Bonchev–Trinajstić information content (AvgIpc) is 2.38. The Labute approximate surface area is 119 Å². The molecule has 0 aromatic carbocycles. The molecule has 0 spiro atoms. The van der Waals surface area contributed by atoms with Gasteiger partial charge in [-0.05, 0) is 38.5 Å². The van der Waals surface area contributed by atoms with E-state index in [2.05, 4.69) is 38.8 Å². The third-order valence-electron chi connectivity index (χ3n) is 3.46. The van der Waals surface area contributed by atoms with Gasteiger partial charge in [-0.25, -0.2) is 0 Å². The molecule has 0 amide bonds. The third-order valence-corrected chi connectivity index (χ3v) is 3.63. The van der Waals surface area contributed by atoms with E-state index in [-0.39, 0.29) is 5.28 Å². The molecule has 0 saturated carbocycles. The fourth-order valence-electron chi connectivity index (χ4n) is 2.25. The van der Waals surface area contributed by atoms with Gasteiger partial charge in [-0.1, -0.05) is 0 Å². The molecule has 0 N–H and O–H groups in total. The van der Waals surface area contributed by atoms with Crippen molar-refractivity contribution >= 4 is 23.5 Å². The number of rotatable bonds is 3. The molecule has 6 nitrogen and oxygen atoms in total. The maximum Gasteiger partial charge on any atom is 0.231 e. The molecule has 0 bridgehead atoms. The van der Waals surface area contributed by atoms with Crippen LogP contribution in [0.1, 0.15) is 12.8 Å². The van der Waals surface area contributed by atoms with Gasteiger partial charge in [0.1, 0.15) is 0 Å². The normalized spacial score (nSPS) is 17.1. The fourth-order valence-corrected chi connectivity index (χ4v) is 2.40. The molecule has 1 saturated heterocycles. The number of nitrogens with zero attached hydrogens (tertiary/aromatic N) is 6. The van der Waals surface area contributed by atoms with Gasteiger partial charge in [-0.15, -0.1) is 0 Å². The summed E-state index contributed by atoms with van der Waals surface area (Å²) in [7, 11) is 8.05. The highest BCUT2D eigenvalue weighted by Gasteiger charge is 2.23. The van der Waals surface area contributed by atoms with Crippen molar-refractivity contribution in [2.24, 2.45) is 0 Å². The van der Waals surface area contributed by atoms with Crippen molar-refractivity contribution in [2.75, 3.05) is 51.1 Å². The lowest BCUT2D eigenvalue weighted by molar-refractivity contribution is 0.249. The first-order valence-corrected chi connectivity index (χ1v) is 6.85. The van der Waals surface area contributed by atoms with Crippen molar-refractivity contribution in [3.63, 3.8) is 0 Å². The van der Waals surface area contributed by atoms with E-state index < -0.39 is 0 Å². The Balaban J connectivity index is 2.11. The largest absolute Gasteiger partial charge is 0.347 e. The lowest BCUT2D eigenvalue weighted by Gasteiger charge is -2.35. The quantitative estimate of drug-likeness (QED) is 0.829. The monoisotopic (exact) mass is 284 g/mol. The molecular formula is C12H21ClN6. The van der Waals surface area contributed by atoms with Crippen LogP contribution in [-0.4, -0.2) is 67.2 Å². The third kappa shape index (κ3) is 3.45. The number of aromatic nitrogens is 3. The van der Waals surface area contributed by atoms with Crippen LogP contribution in [0.15, 0.2) is 0 Å². The van der Waals surface area contributed by atoms with Gasteiger partial charge in [0, 0.05) is 33.2 Å². The highest BCUT2D eigenvalue weighted by Crippen LogP contribution is 2.21. The van der Waals surface area contributed by atoms with Gasteiger partial charge in [0.05, 0.1) is 0 Å². The first-order valence-electron chi connectivity index (χ1n) is 6.47. The Bertz CT molecular complexity index is 428. The van der Waals surface area contributed by atoms with Crippen molar-refractivity contribution in [3.05, 3.63) is 5.28 Å². The van der Waals surface area contributed by atoms with Crippen LogP contribution in [0.2, 0.25) is 5.28 Å². The predicted molar refractivity (Wildman–Crippen MR) is 78.1 cm³/mol. The van der Waals surface area contributed by atoms with E-state index in [1.807, 2.05) is 19.0 Å². The molecule has 2 heterocycles. The summed E-state index contributed by atoms with van der Waals surface area (Å²) in [6.07, 6.45) is 2.24. The fraction of sp³-hybridized carbons (Fsp3) is 0.750. The van der Waals surface area contributed by atoms with Crippen molar-refractivity contribution < 1.29 is 0 Å². The zero-order chi connectivity index (χ0) is 14.0. The lowest BCUT2D eigenvalue weighted by atomic mass is 10.0. The second-order valence-electron chi connectivity index (χ2n) is 5.28. The summed E-state index contributed by atoms with van der Waals surface area (Å²) in [6.45, 7) is 1.91. The van der Waals surface area contributed by atoms with Crippen molar-refractivity contribution in [3.8, 4) is 0 Å². The summed E-state index contributed by atoms with van der Waals surface area (Å²) in [4.78, 5) is 19.1. The molecule has 0 radical (unpaired) electrons. The van der Waals surface area contributed by atoms with E-state index in [1.165, 1.54) is 0 Å². The highest BCUT2D eigenvalue weighted by atomic mass is 35.5. The minimum absolute atomic E-state index is 0.253. The van der Waals surface area contributed by atoms with Gasteiger partial charge >= 0.3 is 0 Å². The molecule has 0 aliphatic carbocycles. The molecule has 19 heavy (non-hydrogen) atoms. The Morgan fingerprint density at radius 2 is 1.68 bits per heavy atom. The molecule has 1 fully saturated rings. The van der Waals surface area contributed by atoms with Gasteiger partial charge in [0.25, 0.3) is 0 Å². The standard InChI is InChI=1S/C12H21ClN6/c1-17(2)9-5-7-19(8-6-9)12-15-10(13)14-11(16-12)18(3)4/h9H,5-8H2,1-4H3. The molecule has 106 valence electrons. The molecule has 1 aliphatic rings. The Kier molecular flexibility index (Phi) is 4.42. The molecule has 0 atom stereocenters. The van der Waals surface area contributed by atoms with Gasteiger partial charge in [-0.3, -0.25) is 0 Å². The van der Waals surface area contributed by atoms with E-state index in [0.717, 1.165) is 25.9 Å². The molecular weight excluding hydrogens is 264 g/mol. The van der Waals surface area contributed by atoms with Gasteiger partial charge < -0.3 is 14.7 Å². The van der Waals surface area contributed by atoms with Crippen LogP contribution in [0.4, 0.5) is 11.9 Å². The van der Waals surface area contributed by atoms with Gasteiger partial charge in [0.2, 0.25) is 17.2 Å². The summed E-state index contributed by atoms with van der Waals surface area (Å²) in [5, 5.41) is 0.253. The van der Waals surface area contributed by atoms with E-state index in [4.69, 9.17) is 11.6 Å². The zero-order valence-electron chi connectivity index (χ0n) is 12.0. The van der Waals surface area contributed by atoms with Gasteiger partial charge in [0.15, 0.2) is 0 Å². The van der Waals surface area contributed by atoms with Crippen LogP contribution in [-0.2, 0) is 0 Å².